The van der Waals surface area contributed by atoms with E-state index >= 15 is 0 Å². The van der Waals surface area contributed by atoms with Crippen LogP contribution in [0.25, 0.3) is 0 Å². The van der Waals surface area contributed by atoms with Crippen molar-refractivity contribution in [3.8, 4) is 0 Å². The Hall–Kier alpha value is -2.48. The predicted octanol–water partition coefficient (Wildman–Crippen LogP) is 4.54. The maximum absolute atomic E-state index is 13.5. The van der Waals surface area contributed by atoms with E-state index in [1.54, 1.807) is 48.5 Å². The average Bonchev–Trinajstić information content (AvgIpc) is 2.80. The van der Waals surface area contributed by atoms with E-state index < -0.39 is 31.2 Å². The van der Waals surface area contributed by atoms with Crippen molar-refractivity contribution in [2.45, 2.75) is 54.2 Å². The maximum atomic E-state index is 13.5. The number of hydrogen-bond acceptors (Lipinski definition) is 4. The molecule has 33 heavy (non-hydrogen) atoms. The summed E-state index contributed by atoms with van der Waals surface area (Å²) in [5.74, 6) is 0. The molecule has 174 valence electrons. The summed E-state index contributed by atoms with van der Waals surface area (Å²) in [4.78, 5) is 0.539. The third-order valence-electron chi connectivity index (χ3n) is 6.34. The van der Waals surface area contributed by atoms with Gasteiger partial charge in [0.25, 0.3) is 0 Å². The lowest BCUT2D eigenvalue weighted by atomic mass is 9.97. The normalized spacial score (nSPS) is 19.9. The minimum Gasteiger partial charge on any atom is -0.223 e. The van der Waals surface area contributed by atoms with Crippen LogP contribution in [0.3, 0.4) is 0 Å². The number of piperidine rings is 1. The Morgan fingerprint density at radius 3 is 1.88 bits per heavy atom. The number of benzene rings is 3. The predicted molar refractivity (Wildman–Crippen MR) is 130 cm³/mol. The van der Waals surface area contributed by atoms with E-state index in [0.29, 0.717) is 11.3 Å². The van der Waals surface area contributed by atoms with Gasteiger partial charge in [-0.2, -0.15) is 4.31 Å². The third-order valence-corrected chi connectivity index (χ3v) is 10.5. The second kappa shape index (κ2) is 9.41. The Bertz CT molecular complexity index is 1300. The highest BCUT2D eigenvalue weighted by molar-refractivity contribution is 7.92. The van der Waals surface area contributed by atoms with Gasteiger partial charge in [0.05, 0.1) is 15.0 Å². The van der Waals surface area contributed by atoms with Crippen molar-refractivity contribution in [1.29, 1.82) is 0 Å². The molecule has 1 heterocycles. The van der Waals surface area contributed by atoms with Crippen LogP contribution in [-0.4, -0.2) is 39.0 Å². The van der Waals surface area contributed by atoms with E-state index in [2.05, 4.69) is 0 Å². The van der Waals surface area contributed by atoms with Crippen LogP contribution >= 0.6 is 0 Å². The van der Waals surface area contributed by atoms with Crippen molar-refractivity contribution in [3.63, 3.8) is 0 Å². The molecule has 1 fully saturated rings. The molecule has 1 saturated heterocycles. The van der Waals surface area contributed by atoms with Gasteiger partial charge >= 0.3 is 0 Å². The maximum Gasteiger partial charge on any atom is 0.243 e. The summed E-state index contributed by atoms with van der Waals surface area (Å²) in [5.41, 5.74) is 2.97. The van der Waals surface area contributed by atoms with Gasteiger partial charge in [0.2, 0.25) is 10.0 Å². The van der Waals surface area contributed by atoms with Crippen LogP contribution in [0, 0.1) is 13.8 Å². The Balaban J connectivity index is 1.67. The van der Waals surface area contributed by atoms with E-state index in [4.69, 9.17) is 0 Å². The van der Waals surface area contributed by atoms with Crippen molar-refractivity contribution in [1.82, 2.24) is 4.31 Å². The Morgan fingerprint density at radius 1 is 0.758 bits per heavy atom. The molecule has 0 aliphatic carbocycles. The molecule has 0 saturated carbocycles. The Kier molecular flexibility index (Phi) is 6.75. The molecule has 1 aliphatic heterocycles. The first-order chi connectivity index (χ1) is 15.7. The zero-order chi connectivity index (χ0) is 23.6. The van der Waals surface area contributed by atoms with Crippen molar-refractivity contribution < 1.29 is 16.8 Å². The summed E-state index contributed by atoms with van der Waals surface area (Å²) in [7, 11) is -7.31. The molecule has 0 spiro atoms. The van der Waals surface area contributed by atoms with Crippen molar-refractivity contribution in [3.05, 3.63) is 95.6 Å². The molecule has 4 rings (SSSR count). The largest absolute Gasteiger partial charge is 0.243 e. The molecule has 3 aromatic rings. The highest BCUT2D eigenvalue weighted by atomic mass is 32.2. The summed E-state index contributed by atoms with van der Waals surface area (Å²) in [6, 6.07) is 22.9. The molecular weight excluding hydrogens is 454 g/mol. The lowest BCUT2D eigenvalue weighted by Gasteiger charge is -2.38. The van der Waals surface area contributed by atoms with E-state index in [-0.39, 0.29) is 24.3 Å². The quantitative estimate of drug-likeness (QED) is 0.516. The minimum atomic E-state index is -3.75. The van der Waals surface area contributed by atoms with Crippen LogP contribution in [0.1, 0.15) is 29.5 Å². The van der Waals surface area contributed by atoms with Gasteiger partial charge in [0.1, 0.15) is 0 Å². The summed E-state index contributed by atoms with van der Waals surface area (Å²) >= 11 is 0. The van der Waals surface area contributed by atoms with Gasteiger partial charge in [-0.3, -0.25) is 0 Å². The Morgan fingerprint density at radius 2 is 1.30 bits per heavy atom. The number of sulfone groups is 1. The fourth-order valence-electron chi connectivity index (χ4n) is 4.43. The molecule has 0 N–H and O–H groups in total. The van der Waals surface area contributed by atoms with Crippen LogP contribution in [0.2, 0.25) is 0 Å². The molecule has 1 aliphatic rings. The second-order valence-corrected chi connectivity index (χ2v) is 12.9. The smallest absolute Gasteiger partial charge is 0.223 e. The van der Waals surface area contributed by atoms with Gasteiger partial charge in [0, 0.05) is 12.6 Å². The monoisotopic (exact) mass is 483 g/mol. The molecule has 2 atom stereocenters. The number of sulfonamides is 1. The molecule has 0 amide bonds. The van der Waals surface area contributed by atoms with Gasteiger partial charge in [0.15, 0.2) is 9.84 Å². The van der Waals surface area contributed by atoms with Gasteiger partial charge in [-0.15, -0.1) is 0 Å². The van der Waals surface area contributed by atoms with E-state index in [9.17, 15) is 16.8 Å². The van der Waals surface area contributed by atoms with Crippen LogP contribution < -0.4 is 0 Å². The molecule has 0 bridgehead atoms. The molecule has 7 heteroatoms. The highest BCUT2D eigenvalue weighted by Gasteiger charge is 2.41. The Labute approximate surface area is 197 Å². The summed E-state index contributed by atoms with van der Waals surface area (Å²) in [5, 5.41) is -0.626. The van der Waals surface area contributed by atoms with Gasteiger partial charge in [-0.1, -0.05) is 65.7 Å². The van der Waals surface area contributed by atoms with Crippen LogP contribution in [0.15, 0.2) is 88.7 Å². The van der Waals surface area contributed by atoms with Crippen LogP contribution in [-0.2, 0) is 26.3 Å². The first-order valence-corrected chi connectivity index (χ1v) is 14.1. The fraction of sp³-hybridized carbons (Fsp3) is 0.308. The first kappa shape index (κ1) is 23.7. The SMILES string of the molecule is Cc1ccc(S(=O)(=O)[C@H]2CCN(S(=O)(=O)c3ccc(C)cc3)[C@@H](Cc3ccccc3)C2)cc1. The van der Waals surface area contributed by atoms with Gasteiger partial charge in [-0.05, 0) is 62.9 Å². The summed E-state index contributed by atoms with van der Waals surface area (Å²) in [6.07, 6.45) is 0.995. The summed E-state index contributed by atoms with van der Waals surface area (Å²) < 4.78 is 55.4. The topological polar surface area (TPSA) is 71.5 Å². The third kappa shape index (κ3) is 5.05. The lowest BCUT2D eigenvalue weighted by molar-refractivity contribution is 0.252. The van der Waals surface area contributed by atoms with Crippen LogP contribution in [0.5, 0.6) is 0 Å². The molecule has 0 unspecified atom stereocenters. The lowest BCUT2D eigenvalue weighted by Crippen LogP contribution is -2.50. The van der Waals surface area contributed by atoms with E-state index in [0.717, 1.165) is 16.7 Å². The average molecular weight is 484 g/mol. The first-order valence-electron chi connectivity index (χ1n) is 11.1. The molecule has 3 aromatic carbocycles. The minimum absolute atomic E-state index is 0.170. The zero-order valence-electron chi connectivity index (χ0n) is 18.9. The second-order valence-electron chi connectivity index (χ2n) is 8.78. The summed E-state index contributed by atoms with van der Waals surface area (Å²) in [6.45, 7) is 4.00. The van der Waals surface area contributed by atoms with Crippen LogP contribution in [0.4, 0.5) is 0 Å². The molecular formula is C26H29NO4S2. The van der Waals surface area contributed by atoms with E-state index in [1.807, 2.05) is 44.2 Å². The fourth-order valence-corrected chi connectivity index (χ4v) is 7.87. The number of nitrogens with zero attached hydrogens (tertiary/aromatic N) is 1. The molecule has 0 aromatic heterocycles. The number of hydrogen-bond donors (Lipinski definition) is 0. The van der Waals surface area contributed by atoms with Crippen molar-refractivity contribution in [2.24, 2.45) is 0 Å². The number of aryl methyl sites for hydroxylation is 2. The van der Waals surface area contributed by atoms with Gasteiger partial charge in [-0.25, -0.2) is 16.8 Å². The van der Waals surface area contributed by atoms with Gasteiger partial charge < -0.3 is 0 Å². The standard InChI is InChI=1S/C26H29NO4S2/c1-20-8-12-24(13-9-20)32(28,29)26-16-17-27(23(19-26)18-22-6-4-3-5-7-22)33(30,31)25-14-10-21(2)11-15-25/h3-15,23,26H,16-19H2,1-2H3/t23-,26-/m0/s1. The number of rotatable bonds is 6. The van der Waals surface area contributed by atoms with Crippen molar-refractivity contribution >= 4 is 19.9 Å². The molecule has 0 radical (unpaired) electrons. The van der Waals surface area contributed by atoms with E-state index in [1.165, 1.54) is 4.31 Å². The van der Waals surface area contributed by atoms with Crippen molar-refractivity contribution in [2.75, 3.05) is 6.54 Å². The highest BCUT2D eigenvalue weighted by Crippen LogP contribution is 2.33. The zero-order valence-corrected chi connectivity index (χ0v) is 20.5. The molecule has 5 nitrogen and oxygen atoms in total.